The zero-order chi connectivity index (χ0) is 23.9. The van der Waals surface area contributed by atoms with E-state index in [1.54, 1.807) is 0 Å². The van der Waals surface area contributed by atoms with Crippen LogP contribution in [0.2, 0.25) is 0 Å². The molecule has 0 radical (unpaired) electrons. The van der Waals surface area contributed by atoms with Crippen LogP contribution in [0.3, 0.4) is 0 Å². The number of allylic oxidation sites excluding steroid dienone is 6. The molecule has 0 bridgehead atoms. The maximum Gasteiger partial charge on any atom is 0.0465 e. The van der Waals surface area contributed by atoms with Crippen LogP contribution in [-0.2, 0) is 6.42 Å². The molecule has 0 spiro atoms. The summed E-state index contributed by atoms with van der Waals surface area (Å²) in [5, 5.41) is 3.56. The second kappa shape index (κ2) is 15.1. The summed E-state index contributed by atoms with van der Waals surface area (Å²) in [5.41, 5.74) is 8.93. The Morgan fingerprint density at radius 3 is 2.09 bits per heavy atom. The van der Waals surface area contributed by atoms with Crippen molar-refractivity contribution in [1.82, 2.24) is 0 Å². The molecule has 2 aromatic carbocycles. The largest absolute Gasteiger partial charge is 0.379 e. The Bertz CT molecular complexity index is 892. The van der Waals surface area contributed by atoms with Crippen molar-refractivity contribution in [3.63, 3.8) is 0 Å². The van der Waals surface area contributed by atoms with E-state index >= 15 is 0 Å². The van der Waals surface area contributed by atoms with Gasteiger partial charge in [0.1, 0.15) is 0 Å². The Morgan fingerprint density at radius 2 is 1.53 bits per heavy atom. The second-order valence-corrected chi connectivity index (χ2v) is 7.70. The lowest BCUT2D eigenvalue weighted by atomic mass is 10.0. The average molecular weight is 430 g/mol. The number of hydrogen-bond donors (Lipinski definition) is 1. The summed E-state index contributed by atoms with van der Waals surface area (Å²) in [6.07, 6.45) is 12.1. The minimum absolute atomic E-state index is 0.338. The lowest BCUT2D eigenvalue weighted by Crippen LogP contribution is -2.18. The predicted molar refractivity (Wildman–Crippen MR) is 146 cm³/mol. The lowest BCUT2D eigenvalue weighted by Gasteiger charge is -2.18. The summed E-state index contributed by atoms with van der Waals surface area (Å²) in [7, 11) is 0. The highest BCUT2D eigenvalue weighted by molar-refractivity contribution is 5.75. The molecule has 0 amide bonds. The van der Waals surface area contributed by atoms with Gasteiger partial charge in [-0.05, 0) is 67.5 Å². The Balaban J connectivity index is 0.00000121. The third-order valence-corrected chi connectivity index (χ3v) is 5.29. The van der Waals surface area contributed by atoms with Gasteiger partial charge in [-0.25, -0.2) is 0 Å². The van der Waals surface area contributed by atoms with Crippen LogP contribution in [0.4, 0.5) is 5.69 Å². The number of benzene rings is 2. The highest BCUT2D eigenvalue weighted by Crippen LogP contribution is 2.23. The number of anilines is 1. The number of rotatable bonds is 7. The molecule has 1 unspecified atom stereocenters. The van der Waals surface area contributed by atoms with E-state index in [2.05, 4.69) is 106 Å². The standard InChI is InChI=1S/C27H31N.2C2H6/c1-5-27(20(2)3)28-26-17-12-23(13-18-26)19-22-7-6-8-24(16-11-22)25-14-9-21(4)10-15-25;2*1-2/h7-18,27-28H,2,5-6,19H2,1,3-4H3;2*1-2H3. The summed E-state index contributed by atoms with van der Waals surface area (Å²) in [4.78, 5) is 0. The quantitative estimate of drug-likeness (QED) is 0.432. The van der Waals surface area contributed by atoms with Crippen LogP contribution in [0.5, 0.6) is 0 Å². The highest BCUT2D eigenvalue weighted by atomic mass is 14.9. The first-order valence-electron chi connectivity index (χ1n) is 12.2. The van der Waals surface area contributed by atoms with Crippen LogP contribution in [0.25, 0.3) is 5.57 Å². The second-order valence-electron chi connectivity index (χ2n) is 7.70. The molecule has 1 N–H and O–H groups in total. The van der Waals surface area contributed by atoms with E-state index in [9.17, 15) is 0 Å². The van der Waals surface area contributed by atoms with Crippen molar-refractivity contribution in [2.75, 3.05) is 5.32 Å². The SMILES string of the molecule is C=C(C)C(CC)Nc1ccc(CC2=CCC=C(c3ccc(C)cc3)C=C2)cc1.CC.CC. The Hall–Kier alpha value is -2.80. The number of aryl methyl sites for hydroxylation is 1. The van der Waals surface area contributed by atoms with Gasteiger partial charge in [0.05, 0.1) is 0 Å². The smallest absolute Gasteiger partial charge is 0.0465 e. The first kappa shape index (κ1) is 27.2. The molecule has 1 nitrogen and oxygen atoms in total. The van der Waals surface area contributed by atoms with Crippen LogP contribution in [0.15, 0.2) is 90.6 Å². The number of hydrogen-bond acceptors (Lipinski definition) is 1. The van der Waals surface area contributed by atoms with Crippen LogP contribution in [0.1, 0.15) is 71.1 Å². The van der Waals surface area contributed by atoms with Gasteiger partial charge in [0.25, 0.3) is 0 Å². The van der Waals surface area contributed by atoms with E-state index in [0.29, 0.717) is 6.04 Å². The third-order valence-electron chi connectivity index (χ3n) is 5.29. The molecule has 0 saturated carbocycles. The van der Waals surface area contributed by atoms with Crippen molar-refractivity contribution in [1.29, 1.82) is 0 Å². The van der Waals surface area contributed by atoms with Crippen molar-refractivity contribution in [2.24, 2.45) is 0 Å². The van der Waals surface area contributed by atoms with Gasteiger partial charge in [0.15, 0.2) is 0 Å². The van der Waals surface area contributed by atoms with Crippen molar-refractivity contribution < 1.29 is 0 Å². The van der Waals surface area contributed by atoms with Gasteiger partial charge < -0.3 is 5.32 Å². The molecule has 0 aliphatic heterocycles. The molecule has 32 heavy (non-hydrogen) atoms. The molecule has 1 heteroatoms. The summed E-state index contributed by atoms with van der Waals surface area (Å²) in [6, 6.07) is 17.9. The molecule has 1 aliphatic rings. The number of nitrogens with one attached hydrogen (secondary N) is 1. The van der Waals surface area contributed by atoms with Crippen molar-refractivity contribution >= 4 is 11.3 Å². The summed E-state index contributed by atoms with van der Waals surface area (Å²) < 4.78 is 0. The summed E-state index contributed by atoms with van der Waals surface area (Å²) >= 11 is 0. The van der Waals surface area contributed by atoms with Gasteiger partial charge >= 0.3 is 0 Å². The van der Waals surface area contributed by atoms with E-state index in [4.69, 9.17) is 0 Å². The molecule has 0 aromatic heterocycles. The molecule has 2 aromatic rings. The minimum atomic E-state index is 0.338. The zero-order valence-electron chi connectivity index (χ0n) is 21.3. The molecule has 0 fully saturated rings. The molecule has 3 rings (SSSR count). The fraction of sp³-hybridized carbons (Fsp3) is 0.355. The maximum absolute atomic E-state index is 4.08. The van der Waals surface area contributed by atoms with E-state index < -0.39 is 0 Å². The van der Waals surface area contributed by atoms with Gasteiger partial charge in [0.2, 0.25) is 0 Å². The molecule has 0 heterocycles. The van der Waals surface area contributed by atoms with E-state index in [1.165, 1.54) is 33.4 Å². The molecular weight excluding hydrogens is 386 g/mol. The van der Waals surface area contributed by atoms with Crippen molar-refractivity contribution in [3.8, 4) is 0 Å². The van der Waals surface area contributed by atoms with Gasteiger partial charge in [-0.2, -0.15) is 0 Å². The Labute approximate surface area is 197 Å². The van der Waals surface area contributed by atoms with E-state index in [-0.39, 0.29) is 0 Å². The summed E-state index contributed by atoms with van der Waals surface area (Å²) in [5.74, 6) is 0. The van der Waals surface area contributed by atoms with E-state index in [1.807, 2.05) is 27.7 Å². The zero-order valence-corrected chi connectivity index (χ0v) is 21.3. The Kier molecular flexibility index (Phi) is 12.8. The molecule has 0 saturated heterocycles. The van der Waals surface area contributed by atoms with Gasteiger partial charge in [0, 0.05) is 11.7 Å². The van der Waals surface area contributed by atoms with E-state index in [0.717, 1.165) is 24.9 Å². The fourth-order valence-electron chi connectivity index (χ4n) is 3.49. The molecule has 1 aliphatic carbocycles. The fourth-order valence-corrected chi connectivity index (χ4v) is 3.49. The average Bonchev–Trinajstić information content (AvgIpc) is 3.07. The molecule has 172 valence electrons. The monoisotopic (exact) mass is 429 g/mol. The highest BCUT2D eigenvalue weighted by Gasteiger charge is 2.07. The van der Waals surface area contributed by atoms with Crippen molar-refractivity contribution in [3.05, 3.63) is 107 Å². The molecule has 1 atom stereocenters. The van der Waals surface area contributed by atoms with Crippen LogP contribution in [-0.4, -0.2) is 6.04 Å². The van der Waals surface area contributed by atoms with Crippen LogP contribution >= 0.6 is 0 Å². The van der Waals surface area contributed by atoms with Crippen molar-refractivity contribution in [2.45, 2.75) is 73.8 Å². The third kappa shape index (κ3) is 8.75. The van der Waals surface area contributed by atoms with Gasteiger partial charge in [-0.15, -0.1) is 0 Å². The lowest BCUT2D eigenvalue weighted by molar-refractivity contribution is 0.791. The topological polar surface area (TPSA) is 12.0 Å². The Morgan fingerprint density at radius 1 is 0.906 bits per heavy atom. The normalized spacial score (nSPS) is 13.2. The van der Waals surface area contributed by atoms with Gasteiger partial charge in [-0.1, -0.05) is 113 Å². The first-order chi connectivity index (χ1) is 15.5. The predicted octanol–water partition coefficient (Wildman–Crippen LogP) is 9.33. The van der Waals surface area contributed by atoms with Crippen LogP contribution < -0.4 is 5.32 Å². The van der Waals surface area contributed by atoms with Gasteiger partial charge in [-0.3, -0.25) is 0 Å². The minimum Gasteiger partial charge on any atom is -0.379 e. The summed E-state index contributed by atoms with van der Waals surface area (Å²) in [6.45, 7) is 18.5. The first-order valence-corrected chi connectivity index (χ1v) is 12.2. The van der Waals surface area contributed by atoms with Crippen LogP contribution in [0, 0.1) is 6.92 Å². The maximum atomic E-state index is 4.08. The molecular formula is C31H43N.